The summed E-state index contributed by atoms with van der Waals surface area (Å²) in [6, 6.07) is 4.03. The molecule has 1 saturated heterocycles. The zero-order valence-electron chi connectivity index (χ0n) is 10.1. The third-order valence-corrected chi connectivity index (χ3v) is 3.10. The van der Waals surface area contributed by atoms with Crippen LogP contribution in [-0.2, 0) is 4.74 Å². The van der Waals surface area contributed by atoms with E-state index in [2.05, 4.69) is 22.4 Å². The van der Waals surface area contributed by atoms with Crippen molar-refractivity contribution in [3.05, 3.63) is 30.0 Å². The Morgan fingerprint density at radius 3 is 2.94 bits per heavy atom. The maximum Gasteiger partial charge on any atom is 0.221 e. The number of ether oxygens (including phenoxy) is 2. The van der Waals surface area contributed by atoms with E-state index in [1.807, 2.05) is 6.07 Å². The summed E-state index contributed by atoms with van der Waals surface area (Å²) in [5, 5.41) is 3.19. The van der Waals surface area contributed by atoms with E-state index in [1.54, 1.807) is 6.20 Å². The fraction of sp³-hybridized carbons (Fsp3) is 0.462. The van der Waals surface area contributed by atoms with Crippen molar-refractivity contribution in [1.82, 2.24) is 10.3 Å². The summed E-state index contributed by atoms with van der Waals surface area (Å²) in [5.74, 6) is 0.757. The van der Waals surface area contributed by atoms with Crippen molar-refractivity contribution in [2.75, 3.05) is 26.3 Å². The highest BCUT2D eigenvalue weighted by Gasteiger charge is 2.21. The molecule has 0 bridgehead atoms. The molecular formula is C13H17ClN2O2. The second kappa shape index (κ2) is 6.18. The van der Waals surface area contributed by atoms with Gasteiger partial charge in [0.25, 0.3) is 0 Å². The number of nitrogens with one attached hydrogen (secondary N) is 1. The van der Waals surface area contributed by atoms with Gasteiger partial charge in [0.1, 0.15) is 6.10 Å². The Hall–Kier alpha value is -1.10. The van der Waals surface area contributed by atoms with E-state index < -0.39 is 0 Å². The van der Waals surface area contributed by atoms with Crippen molar-refractivity contribution in [3.63, 3.8) is 0 Å². The smallest absolute Gasteiger partial charge is 0.221 e. The third-order valence-electron chi connectivity index (χ3n) is 3.10. The van der Waals surface area contributed by atoms with Crippen LogP contribution in [0.4, 0.5) is 0 Å². The highest BCUT2D eigenvalue weighted by atomic mass is 35.5. The topological polar surface area (TPSA) is 43.4 Å². The fourth-order valence-electron chi connectivity index (χ4n) is 2.00. The molecule has 0 saturated carbocycles. The molecule has 0 unspecified atom stereocenters. The third kappa shape index (κ3) is 2.83. The molecule has 1 aromatic heterocycles. The van der Waals surface area contributed by atoms with Crippen LogP contribution in [-0.4, -0.2) is 37.4 Å². The molecular weight excluding hydrogens is 252 g/mol. The predicted molar refractivity (Wildman–Crippen MR) is 72.2 cm³/mol. The molecule has 0 atom stereocenters. The van der Waals surface area contributed by atoms with Crippen LogP contribution < -0.4 is 10.1 Å². The second-order valence-electron chi connectivity index (χ2n) is 4.31. The Balaban J connectivity index is 0.00000120. The van der Waals surface area contributed by atoms with E-state index in [1.165, 1.54) is 5.57 Å². The van der Waals surface area contributed by atoms with E-state index in [-0.39, 0.29) is 18.5 Å². The minimum Gasteiger partial charge on any atom is -0.471 e. The summed E-state index contributed by atoms with van der Waals surface area (Å²) >= 11 is 0. The molecule has 3 rings (SSSR count). The molecule has 1 aromatic rings. The molecule has 0 aromatic carbocycles. The predicted octanol–water partition coefficient (Wildman–Crippen LogP) is 1.66. The lowest BCUT2D eigenvalue weighted by molar-refractivity contribution is 0.135. The summed E-state index contributed by atoms with van der Waals surface area (Å²) in [6.45, 7) is 3.30. The lowest BCUT2D eigenvalue weighted by Crippen LogP contribution is -2.50. The van der Waals surface area contributed by atoms with Gasteiger partial charge >= 0.3 is 0 Å². The highest BCUT2D eigenvalue weighted by molar-refractivity contribution is 5.85. The number of pyridine rings is 1. The first-order valence-electron chi connectivity index (χ1n) is 6.03. The molecule has 0 radical (unpaired) electrons. The Morgan fingerprint density at radius 1 is 1.39 bits per heavy atom. The Bertz CT molecular complexity index is 433. The molecule has 0 amide bonds. The molecule has 98 valence electrons. The number of hydrogen-bond donors (Lipinski definition) is 1. The van der Waals surface area contributed by atoms with Crippen molar-refractivity contribution >= 4 is 18.0 Å². The summed E-state index contributed by atoms with van der Waals surface area (Å²) < 4.78 is 11.2. The zero-order valence-corrected chi connectivity index (χ0v) is 10.9. The Kier molecular flexibility index (Phi) is 4.58. The van der Waals surface area contributed by atoms with Crippen LogP contribution in [0.25, 0.3) is 5.57 Å². The van der Waals surface area contributed by atoms with Crippen molar-refractivity contribution in [3.8, 4) is 5.88 Å². The van der Waals surface area contributed by atoms with Crippen LogP contribution in [0.2, 0.25) is 0 Å². The van der Waals surface area contributed by atoms with Gasteiger partial charge in [-0.05, 0) is 24.1 Å². The van der Waals surface area contributed by atoms with E-state index in [9.17, 15) is 0 Å². The molecule has 1 fully saturated rings. The zero-order chi connectivity index (χ0) is 11.5. The van der Waals surface area contributed by atoms with Gasteiger partial charge in [-0.3, -0.25) is 0 Å². The first-order valence-corrected chi connectivity index (χ1v) is 6.03. The van der Waals surface area contributed by atoms with Gasteiger partial charge < -0.3 is 14.8 Å². The molecule has 18 heavy (non-hydrogen) atoms. The molecule has 3 heterocycles. The molecule has 2 aliphatic heterocycles. The van der Waals surface area contributed by atoms with Crippen molar-refractivity contribution in [2.24, 2.45) is 0 Å². The van der Waals surface area contributed by atoms with Crippen molar-refractivity contribution < 1.29 is 9.47 Å². The van der Waals surface area contributed by atoms with E-state index >= 15 is 0 Å². The van der Waals surface area contributed by atoms with Gasteiger partial charge in [-0.25, -0.2) is 4.98 Å². The quantitative estimate of drug-likeness (QED) is 0.906. The first kappa shape index (κ1) is 13.3. The summed E-state index contributed by atoms with van der Waals surface area (Å²) in [6.07, 6.45) is 5.10. The van der Waals surface area contributed by atoms with Crippen LogP contribution in [0.15, 0.2) is 24.4 Å². The summed E-state index contributed by atoms with van der Waals surface area (Å²) in [5.41, 5.74) is 2.40. The number of aromatic nitrogens is 1. The van der Waals surface area contributed by atoms with Crippen molar-refractivity contribution in [1.29, 1.82) is 0 Å². The first-order chi connectivity index (χ1) is 8.43. The van der Waals surface area contributed by atoms with Crippen LogP contribution in [0.3, 0.4) is 0 Å². The van der Waals surface area contributed by atoms with E-state index in [0.29, 0.717) is 6.61 Å². The standard InChI is InChI=1S/C13H16N2O2.ClH/c1-2-12(10-3-6-16-7-4-10)13(15-5-1)17-11-8-14-9-11;/h1-3,5,11,14H,4,6-9H2;1H. The molecule has 0 aliphatic carbocycles. The average molecular weight is 269 g/mol. The SMILES string of the molecule is C1=C(c2cccnc2OC2CNC2)CCOC1.Cl. The Labute approximate surface area is 113 Å². The molecule has 0 spiro atoms. The van der Waals surface area contributed by atoms with Gasteiger partial charge in [-0.15, -0.1) is 12.4 Å². The van der Waals surface area contributed by atoms with Gasteiger partial charge in [0.05, 0.1) is 13.2 Å². The normalized spacial score (nSPS) is 19.4. The van der Waals surface area contributed by atoms with E-state index in [0.717, 1.165) is 37.6 Å². The number of nitrogens with zero attached hydrogens (tertiary/aromatic N) is 1. The monoisotopic (exact) mass is 268 g/mol. The van der Waals surface area contributed by atoms with Crippen LogP contribution in [0.5, 0.6) is 5.88 Å². The van der Waals surface area contributed by atoms with Gasteiger partial charge in [-0.1, -0.05) is 6.08 Å². The van der Waals surface area contributed by atoms with Crippen LogP contribution in [0, 0.1) is 0 Å². The average Bonchev–Trinajstić information content (AvgIpc) is 2.35. The molecule has 5 heteroatoms. The summed E-state index contributed by atoms with van der Waals surface area (Å²) in [7, 11) is 0. The summed E-state index contributed by atoms with van der Waals surface area (Å²) in [4.78, 5) is 4.34. The largest absolute Gasteiger partial charge is 0.471 e. The molecule has 2 aliphatic rings. The Morgan fingerprint density at radius 2 is 2.28 bits per heavy atom. The van der Waals surface area contributed by atoms with Crippen LogP contribution >= 0.6 is 12.4 Å². The highest BCUT2D eigenvalue weighted by Crippen LogP contribution is 2.28. The van der Waals surface area contributed by atoms with Crippen LogP contribution in [0.1, 0.15) is 12.0 Å². The second-order valence-corrected chi connectivity index (χ2v) is 4.31. The molecule has 4 nitrogen and oxygen atoms in total. The minimum atomic E-state index is 0. The molecule has 1 N–H and O–H groups in total. The number of halogens is 1. The lowest BCUT2D eigenvalue weighted by atomic mass is 10.0. The lowest BCUT2D eigenvalue weighted by Gasteiger charge is -2.28. The van der Waals surface area contributed by atoms with E-state index in [4.69, 9.17) is 9.47 Å². The van der Waals surface area contributed by atoms with Gasteiger partial charge in [0.2, 0.25) is 5.88 Å². The van der Waals surface area contributed by atoms with Gasteiger partial charge in [0.15, 0.2) is 0 Å². The van der Waals surface area contributed by atoms with Gasteiger partial charge in [-0.2, -0.15) is 0 Å². The number of hydrogen-bond acceptors (Lipinski definition) is 4. The minimum absolute atomic E-state index is 0. The maximum atomic E-state index is 5.88. The fourth-order valence-corrected chi connectivity index (χ4v) is 2.00. The number of rotatable bonds is 3. The van der Waals surface area contributed by atoms with Gasteiger partial charge in [0, 0.05) is 24.8 Å². The maximum absolute atomic E-state index is 5.88. The van der Waals surface area contributed by atoms with Crippen molar-refractivity contribution in [2.45, 2.75) is 12.5 Å².